The van der Waals surface area contributed by atoms with Crippen molar-refractivity contribution < 1.29 is 4.74 Å². The Kier molecular flexibility index (Phi) is 5.68. The van der Waals surface area contributed by atoms with Crippen LogP contribution in [0.4, 0.5) is 11.4 Å². The average molecular weight is 276 g/mol. The number of hydrogen-bond donors (Lipinski definition) is 2. The van der Waals surface area contributed by atoms with E-state index in [2.05, 4.69) is 28.2 Å². The predicted molar refractivity (Wildman–Crippen MR) is 84.5 cm³/mol. The fraction of sp³-hybridized carbons (Fsp3) is 0.533. The number of hydrogen-bond acceptors (Lipinski definition) is 3. The summed E-state index contributed by atoms with van der Waals surface area (Å²) in [6.45, 7) is 6.28. The predicted octanol–water partition coefficient (Wildman–Crippen LogP) is 2.05. The monoisotopic (exact) mass is 276 g/mol. The van der Waals surface area contributed by atoms with Gasteiger partial charge in [0.15, 0.2) is 5.96 Å². The second-order valence-electron chi connectivity index (χ2n) is 4.86. The summed E-state index contributed by atoms with van der Waals surface area (Å²) in [4.78, 5) is 6.65. The van der Waals surface area contributed by atoms with E-state index in [0.29, 0.717) is 5.96 Å². The van der Waals surface area contributed by atoms with E-state index in [1.54, 1.807) is 0 Å². The lowest BCUT2D eigenvalue weighted by atomic mass is 10.2. The van der Waals surface area contributed by atoms with Gasteiger partial charge in [-0.25, -0.2) is 0 Å². The number of anilines is 2. The Morgan fingerprint density at radius 1 is 1.35 bits per heavy atom. The van der Waals surface area contributed by atoms with E-state index >= 15 is 0 Å². The highest BCUT2D eigenvalue weighted by atomic mass is 16.5. The van der Waals surface area contributed by atoms with E-state index in [-0.39, 0.29) is 0 Å². The van der Waals surface area contributed by atoms with Crippen LogP contribution in [0.3, 0.4) is 0 Å². The molecule has 0 atom stereocenters. The summed E-state index contributed by atoms with van der Waals surface area (Å²) in [5, 5.41) is 3.21. The van der Waals surface area contributed by atoms with Crippen LogP contribution in [-0.2, 0) is 4.74 Å². The molecular weight excluding hydrogens is 252 g/mol. The smallest absolute Gasteiger partial charge is 0.193 e. The van der Waals surface area contributed by atoms with Crippen LogP contribution in [-0.4, -0.2) is 38.8 Å². The maximum absolute atomic E-state index is 5.94. The Labute approximate surface area is 120 Å². The van der Waals surface area contributed by atoms with E-state index in [0.717, 1.165) is 57.1 Å². The Bertz CT molecular complexity index is 441. The van der Waals surface area contributed by atoms with E-state index in [1.165, 1.54) is 0 Å². The van der Waals surface area contributed by atoms with Crippen molar-refractivity contribution in [3.05, 3.63) is 24.3 Å². The summed E-state index contributed by atoms with van der Waals surface area (Å²) in [6, 6.07) is 8.19. The minimum Gasteiger partial charge on any atom is -0.378 e. The minimum absolute atomic E-state index is 0.485. The molecule has 110 valence electrons. The summed E-state index contributed by atoms with van der Waals surface area (Å²) < 4.78 is 5.40. The number of nitrogens with one attached hydrogen (secondary N) is 1. The van der Waals surface area contributed by atoms with Crippen molar-refractivity contribution in [2.75, 3.05) is 43.1 Å². The molecule has 0 amide bonds. The highest BCUT2D eigenvalue weighted by molar-refractivity contribution is 5.95. The van der Waals surface area contributed by atoms with Crippen molar-refractivity contribution in [2.45, 2.75) is 19.8 Å². The van der Waals surface area contributed by atoms with Crippen LogP contribution in [0.1, 0.15) is 19.8 Å². The maximum Gasteiger partial charge on any atom is 0.193 e. The standard InChI is InChI=1S/C15H24N4O/c1-2-3-8-17-15(16)18-13-6-4-5-7-14(13)19-9-11-20-12-10-19/h4-7H,2-3,8-12H2,1H3,(H3,16,17,18). The summed E-state index contributed by atoms with van der Waals surface area (Å²) in [7, 11) is 0. The molecule has 0 radical (unpaired) electrons. The Morgan fingerprint density at radius 2 is 2.10 bits per heavy atom. The van der Waals surface area contributed by atoms with Crippen LogP contribution >= 0.6 is 0 Å². The van der Waals surface area contributed by atoms with Gasteiger partial charge in [-0.15, -0.1) is 0 Å². The van der Waals surface area contributed by atoms with Gasteiger partial charge in [0.05, 0.1) is 24.6 Å². The molecule has 1 aromatic carbocycles. The van der Waals surface area contributed by atoms with Gasteiger partial charge in [-0.05, 0) is 18.6 Å². The normalized spacial score (nSPS) is 16.2. The molecule has 5 nitrogen and oxygen atoms in total. The molecule has 1 heterocycles. The van der Waals surface area contributed by atoms with Crippen molar-refractivity contribution in [3.8, 4) is 0 Å². The lowest BCUT2D eigenvalue weighted by Crippen LogP contribution is -2.37. The molecule has 1 fully saturated rings. The molecule has 1 saturated heterocycles. The molecule has 0 unspecified atom stereocenters. The van der Waals surface area contributed by atoms with E-state index < -0.39 is 0 Å². The second kappa shape index (κ2) is 7.75. The molecule has 3 N–H and O–H groups in total. The van der Waals surface area contributed by atoms with Gasteiger partial charge in [0, 0.05) is 19.6 Å². The zero-order valence-electron chi connectivity index (χ0n) is 12.1. The number of rotatable bonds is 5. The highest BCUT2D eigenvalue weighted by Crippen LogP contribution is 2.26. The summed E-state index contributed by atoms with van der Waals surface area (Å²) in [5.41, 5.74) is 8.10. The number of benzene rings is 1. The van der Waals surface area contributed by atoms with Crippen LogP contribution in [0.25, 0.3) is 0 Å². The van der Waals surface area contributed by atoms with Gasteiger partial charge in [0.25, 0.3) is 0 Å². The molecule has 1 aliphatic heterocycles. The average Bonchev–Trinajstić information content (AvgIpc) is 2.49. The fourth-order valence-corrected chi connectivity index (χ4v) is 2.19. The third kappa shape index (κ3) is 4.13. The molecule has 0 aromatic heterocycles. The van der Waals surface area contributed by atoms with Crippen LogP contribution in [0.2, 0.25) is 0 Å². The molecule has 20 heavy (non-hydrogen) atoms. The van der Waals surface area contributed by atoms with Gasteiger partial charge in [-0.1, -0.05) is 25.5 Å². The SMILES string of the molecule is CCCCN=C(N)Nc1ccccc1N1CCOCC1. The van der Waals surface area contributed by atoms with Gasteiger partial charge < -0.3 is 20.7 Å². The largest absolute Gasteiger partial charge is 0.378 e. The van der Waals surface area contributed by atoms with E-state index in [4.69, 9.17) is 10.5 Å². The summed E-state index contributed by atoms with van der Waals surface area (Å²) in [5.74, 6) is 0.485. The lowest BCUT2D eigenvalue weighted by molar-refractivity contribution is 0.123. The van der Waals surface area contributed by atoms with Gasteiger partial charge in [-0.3, -0.25) is 4.99 Å². The van der Waals surface area contributed by atoms with E-state index in [1.807, 2.05) is 18.2 Å². The van der Waals surface area contributed by atoms with Crippen molar-refractivity contribution in [3.63, 3.8) is 0 Å². The molecule has 1 aliphatic rings. The molecule has 0 spiro atoms. The molecule has 0 aliphatic carbocycles. The van der Waals surface area contributed by atoms with Crippen LogP contribution in [0, 0.1) is 0 Å². The lowest BCUT2D eigenvalue weighted by Gasteiger charge is -2.30. The third-order valence-electron chi connectivity index (χ3n) is 3.31. The number of guanidine groups is 1. The number of nitrogens with two attached hydrogens (primary N) is 1. The number of para-hydroxylation sites is 2. The second-order valence-corrected chi connectivity index (χ2v) is 4.86. The van der Waals surface area contributed by atoms with Crippen LogP contribution in [0.5, 0.6) is 0 Å². The molecule has 5 heteroatoms. The number of ether oxygens (including phenoxy) is 1. The number of aliphatic imine (C=N–C) groups is 1. The first kappa shape index (κ1) is 14.7. The first-order valence-corrected chi connectivity index (χ1v) is 7.30. The van der Waals surface area contributed by atoms with Gasteiger partial charge in [-0.2, -0.15) is 0 Å². The van der Waals surface area contributed by atoms with Crippen molar-refractivity contribution >= 4 is 17.3 Å². The number of unbranched alkanes of at least 4 members (excludes halogenated alkanes) is 1. The highest BCUT2D eigenvalue weighted by Gasteiger charge is 2.14. The molecule has 0 saturated carbocycles. The maximum atomic E-state index is 5.94. The third-order valence-corrected chi connectivity index (χ3v) is 3.31. The Morgan fingerprint density at radius 3 is 2.85 bits per heavy atom. The van der Waals surface area contributed by atoms with Gasteiger partial charge >= 0.3 is 0 Å². The summed E-state index contributed by atoms with van der Waals surface area (Å²) >= 11 is 0. The topological polar surface area (TPSA) is 62.9 Å². The van der Waals surface area contributed by atoms with Crippen molar-refractivity contribution in [1.29, 1.82) is 0 Å². The molecule has 1 aromatic rings. The number of morpholine rings is 1. The van der Waals surface area contributed by atoms with Gasteiger partial charge in [0.1, 0.15) is 0 Å². The fourth-order valence-electron chi connectivity index (χ4n) is 2.19. The summed E-state index contributed by atoms with van der Waals surface area (Å²) in [6.07, 6.45) is 2.19. The molecule has 2 rings (SSSR count). The quantitative estimate of drug-likeness (QED) is 0.491. The van der Waals surface area contributed by atoms with E-state index in [9.17, 15) is 0 Å². The zero-order valence-corrected chi connectivity index (χ0v) is 12.1. The van der Waals surface area contributed by atoms with Crippen molar-refractivity contribution in [1.82, 2.24) is 0 Å². The Balaban J connectivity index is 2.05. The van der Waals surface area contributed by atoms with Crippen LogP contribution < -0.4 is 16.0 Å². The first-order valence-electron chi connectivity index (χ1n) is 7.30. The molecular formula is C15H24N4O. The zero-order chi connectivity index (χ0) is 14.2. The van der Waals surface area contributed by atoms with Gasteiger partial charge in [0.2, 0.25) is 0 Å². The minimum atomic E-state index is 0.485. The molecule has 0 bridgehead atoms. The first-order chi connectivity index (χ1) is 9.81. The number of nitrogens with zero attached hydrogens (tertiary/aromatic N) is 2. The van der Waals surface area contributed by atoms with Crippen molar-refractivity contribution in [2.24, 2.45) is 10.7 Å². The van der Waals surface area contributed by atoms with Crippen LogP contribution in [0.15, 0.2) is 29.3 Å². The Hall–Kier alpha value is -1.75.